The molecule has 5 atom stereocenters. The van der Waals surface area contributed by atoms with E-state index < -0.39 is 18.0 Å². The maximum Gasteiger partial charge on any atom is 0.311 e. The second-order valence-electron chi connectivity index (χ2n) is 10.9. The third-order valence-corrected chi connectivity index (χ3v) is 7.51. The molecule has 2 aliphatic rings. The Hall–Kier alpha value is -2.93. The van der Waals surface area contributed by atoms with Gasteiger partial charge in [-0.05, 0) is 61.6 Å². The van der Waals surface area contributed by atoms with Crippen LogP contribution in [0.1, 0.15) is 55.0 Å². The summed E-state index contributed by atoms with van der Waals surface area (Å²) in [6.07, 6.45) is -0.385. The predicted octanol–water partition coefficient (Wildman–Crippen LogP) is 4.76. The molecule has 1 fully saturated rings. The lowest BCUT2D eigenvalue weighted by Gasteiger charge is -2.28. The molecule has 0 bridgehead atoms. The SMILES string of the molecule is Cc1ccc([C@@H](C)OC[C@H](O)CNC(C)(C)Cc2ccc3ccccc3c2)c2c1O[C@@H]1[C@@H](C(=O)O)[C@H]21. The summed E-state index contributed by atoms with van der Waals surface area (Å²) in [5.41, 5.74) is 3.97. The molecular weight excluding hydrogens is 454 g/mol. The second-order valence-corrected chi connectivity index (χ2v) is 10.9. The van der Waals surface area contributed by atoms with Crippen LogP contribution >= 0.6 is 0 Å². The number of carboxylic acids is 1. The topological polar surface area (TPSA) is 88.0 Å². The monoisotopic (exact) mass is 489 g/mol. The molecule has 1 aliphatic heterocycles. The molecular formula is C30H35NO5. The molecule has 1 heterocycles. The minimum absolute atomic E-state index is 0.110. The number of rotatable bonds is 10. The van der Waals surface area contributed by atoms with Crippen LogP contribution in [-0.2, 0) is 16.0 Å². The second kappa shape index (κ2) is 9.51. The van der Waals surface area contributed by atoms with E-state index in [1.807, 2.05) is 32.0 Å². The first-order chi connectivity index (χ1) is 17.1. The smallest absolute Gasteiger partial charge is 0.311 e. The molecule has 1 saturated carbocycles. The number of aliphatic hydroxyl groups excluding tert-OH is 1. The average molecular weight is 490 g/mol. The predicted molar refractivity (Wildman–Crippen MR) is 140 cm³/mol. The summed E-state index contributed by atoms with van der Waals surface area (Å²) in [7, 11) is 0. The highest BCUT2D eigenvalue weighted by molar-refractivity contribution is 5.83. The zero-order valence-electron chi connectivity index (χ0n) is 21.3. The van der Waals surface area contributed by atoms with Crippen molar-refractivity contribution in [2.75, 3.05) is 13.2 Å². The quantitative estimate of drug-likeness (QED) is 0.381. The van der Waals surface area contributed by atoms with Gasteiger partial charge in [0.15, 0.2) is 0 Å². The number of β-amino-alcohol motifs (C(OH)–C–C–N with tert-alkyl or cyclic N) is 1. The fourth-order valence-electron chi connectivity index (χ4n) is 5.50. The van der Waals surface area contributed by atoms with Crippen molar-refractivity contribution in [2.24, 2.45) is 5.92 Å². The first-order valence-electron chi connectivity index (χ1n) is 12.7. The Morgan fingerprint density at radius 1 is 1.14 bits per heavy atom. The van der Waals surface area contributed by atoms with E-state index in [1.54, 1.807) is 0 Å². The van der Waals surface area contributed by atoms with Gasteiger partial charge in [-0.1, -0.05) is 54.6 Å². The summed E-state index contributed by atoms with van der Waals surface area (Å²) in [6, 6.07) is 18.9. The van der Waals surface area contributed by atoms with Crippen LogP contribution in [0.4, 0.5) is 0 Å². The van der Waals surface area contributed by atoms with Crippen molar-refractivity contribution < 1.29 is 24.5 Å². The van der Waals surface area contributed by atoms with Gasteiger partial charge in [0.1, 0.15) is 17.8 Å². The molecule has 5 rings (SSSR count). The van der Waals surface area contributed by atoms with Gasteiger partial charge in [0.2, 0.25) is 0 Å². The molecule has 0 saturated heterocycles. The van der Waals surface area contributed by atoms with Crippen LogP contribution in [-0.4, -0.2) is 47.1 Å². The molecule has 3 aromatic rings. The number of carbonyl (C=O) groups is 1. The van der Waals surface area contributed by atoms with Gasteiger partial charge in [0.25, 0.3) is 0 Å². The van der Waals surface area contributed by atoms with Gasteiger partial charge in [0.05, 0.1) is 18.8 Å². The van der Waals surface area contributed by atoms with Gasteiger partial charge >= 0.3 is 5.97 Å². The minimum Gasteiger partial charge on any atom is -0.488 e. The van der Waals surface area contributed by atoms with E-state index in [0.29, 0.717) is 6.54 Å². The fourth-order valence-corrected chi connectivity index (χ4v) is 5.50. The average Bonchev–Trinajstić information content (AvgIpc) is 3.43. The Kier molecular flexibility index (Phi) is 6.54. The highest BCUT2D eigenvalue weighted by Gasteiger charge is 2.64. The molecule has 0 spiro atoms. The number of ether oxygens (including phenoxy) is 2. The van der Waals surface area contributed by atoms with Crippen LogP contribution in [0.15, 0.2) is 54.6 Å². The number of benzene rings is 3. The number of hydrogen-bond donors (Lipinski definition) is 3. The molecule has 3 aromatic carbocycles. The first kappa shape index (κ1) is 24.8. The zero-order chi connectivity index (χ0) is 25.6. The van der Waals surface area contributed by atoms with Crippen LogP contribution in [0.2, 0.25) is 0 Å². The lowest BCUT2D eigenvalue weighted by Crippen LogP contribution is -2.46. The van der Waals surface area contributed by atoms with Gasteiger partial charge < -0.3 is 25.0 Å². The van der Waals surface area contributed by atoms with Gasteiger partial charge in [-0.15, -0.1) is 0 Å². The molecule has 0 unspecified atom stereocenters. The van der Waals surface area contributed by atoms with Crippen molar-refractivity contribution in [2.45, 2.75) is 63.9 Å². The third-order valence-electron chi connectivity index (χ3n) is 7.51. The Morgan fingerprint density at radius 3 is 2.64 bits per heavy atom. The summed E-state index contributed by atoms with van der Waals surface area (Å²) in [4.78, 5) is 11.5. The number of aliphatic hydroxyl groups is 1. The Morgan fingerprint density at radius 2 is 1.89 bits per heavy atom. The first-order valence-corrected chi connectivity index (χ1v) is 12.7. The number of nitrogens with one attached hydrogen (secondary N) is 1. The maximum atomic E-state index is 11.5. The summed E-state index contributed by atoms with van der Waals surface area (Å²) in [5, 5.41) is 26.1. The van der Waals surface area contributed by atoms with Crippen LogP contribution in [0.5, 0.6) is 5.75 Å². The summed E-state index contributed by atoms with van der Waals surface area (Å²) in [5.74, 6) is -0.608. The highest BCUT2D eigenvalue weighted by Crippen LogP contribution is 2.61. The van der Waals surface area contributed by atoms with Gasteiger partial charge in [-0.25, -0.2) is 0 Å². The van der Waals surface area contributed by atoms with Crippen LogP contribution < -0.4 is 10.1 Å². The molecule has 6 heteroatoms. The maximum absolute atomic E-state index is 11.5. The Labute approximate surface area is 212 Å². The van der Waals surface area contributed by atoms with Gasteiger partial charge in [-0.3, -0.25) is 4.79 Å². The lowest BCUT2D eigenvalue weighted by atomic mass is 9.93. The van der Waals surface area contributed by atoms with E-state index in [-0.39, 0.29) is 30.3 Å². The van der Waals surface area contributed by atoms with E-state index in [1.165, 1.54) is 16.3 Å². The molecule has 0 amide bonds. The van der Waals surface area contributed by atoms with Crippen molar-refractivity contribution in [1.82, 2.24) is 5.32 Å². The van der Waals surface area contributed by atoms with E-state index >= 15 is 0 Å². The van der Waals surface area contributed by atoms with E-state index in [2.05, 4.69) is 55.6 Å². The number of aliphatic carboxylic acids is 1. The molecule has 0 radical (unpaired) electrons. The highest BCUT2D eigenvalue weighted by atomic mass is 16.5. The van der Waals surface area contributed by atoms with Crippen LogP contribution in [0, 0.1) is 12.8 Å². The van der Waals surface area contributed by atoms with Gasteiger partial charge in [0, 0.05) is 23.6 Å². The van der Waals surface area contributed by atoms with Crippen molar-refractivity contribution in [3.05, 3.63) is 76.9 Å². The normalized spacial score (nSPS) is 22.0. The fraction of sp³-hybridized carbons (Fsp3) is 0.433. The Balaban J connectivity index is 1.16. The van der Waals surface area contributed by atoms with Gasteiger partial charge in [-0.2, -0.15) is 0 Å². The van der Waals surface area contributed by atoms with E-state index in [9.17, 15) is 15.0 Å². The molecule has 3 N–H and O–H groups in total. The molecule has 0 aromatic heterocycles. The number of carboxylic acid groups (broad SMARTS) is 1. The van der Waals surface area contributed by atoms with Crippen molar-refractivity contribution in [3.63, 3.8) is 0 Å². The third kappa shape index (κ3) is 4.85. The van der Waals surface area contributed by atoms with Crippen molar-refractivity contribution >= 4 is 16.7 Å². The van der Waals surface area contributed by atoms with E-state index in [4.69, 9.17) is 9.47 Å². The minimum atomic E-state index is -0.815. The van der Waals surface area contributed by atoms with E-state index in [0.717, 1.165) is 28.9 Å². The molecule has 6 nitrogen and oxygen atoms in total. The molecule has 1 aliphatic carbocycles. The molecule has 190 valence electrons. The van der Waals surface area contributed by atoms with Crippen molar-refractivity contribution in [3.8, 4) is 5.75 Å². The summed E-state index contributed by atoms with van der Waals surface area (Å²) >= 11 is 0. The standard InChI is InChI=1S/C30H35NO5/c1-17-9-12-23(24-25-26(29(33)34)28(25)36-27(17)24)18(2)35-16-22(32)15-31-30(3,4)14-19-10-11-20-7-5-6-8-21(20)13-19/h5-13,18,22,25-26,28,31-32H,14-16H2,1-4H3,(H,33,34)/t18-,22-,25+,26+,28+/m1/s1. The number of fused-ring (bicyclic) bond motifs is 4. The van der Waals surface area contributed by atoms with Crippen molar-refractivity contribution in [1.29, 1.82) is 0 Å². The summed E-state index contributed by atoms with van der Waals surface area (Å²) in [6.45, 7) is 8.79. The zero-order valence-corrected chi connectivity index (χ0v) is 21.3. The number of aryl methyl sites for hydroxylation is 1. The van der Waals surface area contributed by atoms with Crippen LogP contribution in [0.25, 0.3) is 10.8 Å². The number of hydrogen-bond acceptors (Lipinski definition) is 5. The summed E-state index contributed by atoms with van der Waals surface area (Å²) < 4.78 is 12.0. The largest absolute Gasteiger partial charge is 0.488 e. The lowest BCUT2D eigenvalue weighted by molar-refractivity contribution is -0.139. The van der Waals surface area contributed by atoms with Crippen LogP contribution in [0.3, 0.4) is 0 Å². The Bertz CT molecular complexity index is 1290. The molecule has 36 heavy (non-hydrogen) atoms.